The Morgan fingerprint density at radius 1 is 1.28 bits per heavy atom. The summed E-state index contributed by atoms with van der Waals surface area (Å²) in [6, 6.07) is 6.72. The van der Waals surface area contributed by atoms with Crippen LogP contribution in [0.4, 0.5) is 5.13 Å². The van der Waals surface area contributed by atoms with Gasteiger partial charge in [-0.1, -0.05) is 24.6 Å². The minimum atomic E-state index is -3.53. The second-order valence-electron chi connectivity index (χ2n) is 3.90. The number of thiazole rings is 1. The molecule has 0 amide bonds. The molecule has 1 aromatic carbocycles. The van der Waals surface area contributed by atoms with E-state index in [0.29, 0.717) is 5.13 Å². The Bertz CT molecular complexity index is 630. The van der Waals surface area contributed by atoms with Gasteiger partial charge in [-0.15, -0.1) is 11.3 Å². The Morgan fingerprint density at radius 2 is 1.94 bits per heavy atom. The quantitative estimate of drug-likeness (QED) is 0.938. The van der Waals surface area contributed by atoms with Crippen LogP contribution in [0.5, 0.6) is 0 Å². The highest BCUT2D eigenvalue weighted by Crippen LogP contribution is 2.22. The fourth-order valence-corrected chi connectivity index (χ4v) is 3.40. The molecule has 0 bridgehead atoms. The smallest absolute Gasteiger partial charge is 0.255 e. The molecular weight excluding hydrogens is 268 g/mol. The van der Waals surface area contributed by atoms with Gasteiger partial charge in [0.25, 0.3) is 10.0 Å². The number of anilines is 1. The van der Waals surface area contributed by atoms with Crippen LogP contribution in [0.2, 0.25) is 0 Å². The van der Waals surface area contributed by atoms with Crippen LogP contribution in [0, 0.1) is 6.92 Å². The van der Waals surface area contributed by atoms with Crippen molar-refractivity contribution < 1.29 is 8.42 Å². The van der Waals surface area contributed by atoms with E-state index < -0.39 is 10.0 Å². The zero-order valence-electron chi connectivity index (χ0n) is 10.2. The van der Waals surface area contributed by atoms with E-state index in [0.717, 1.165) is 16.9 Å². The van der Waals surface area contributed by atoms with Crippen LogP contribution in [-0.4, -0.2) is 13.4 Å². The van der Waals surface area contributed by atoms with Crippen LogP contribution < -0.4 is 4.72 Å². The van der Waals surface area contributed by atoms with Gasteiger partial charge in [0, 0.05) is 11.1 Å². The van der Waals surface area contributed by atoms with Crippen molar-refractivity contribution in [3.8, 4) is 0 Å². The fraction of sp³-hybridized carbons (Fsp3) is 0.250. The number of hydrogen-bond donors (Lipinski definition) is 1. The van der Waals surface area contributed by atoms with Crippen molar-refractivity contribution in [3.05, 3.63) is 40.9 Å². The van der Waals surface area contributed by atoms with Crippen molar-refractivity contribution in [3.63, 3.8) is 0 Å². The molecule has 96 valence electrons. The molecule has 0 atom stereocenters. The van der Waals surface area contributed by atoms with Crippen molar-refractivity contribution in [2.24, 2.45) is 0 Å². The van der Waals surface area contributed by atoms with Crippen molar-refractivity contribution in [2.45, 2.75) is 25.2 Å². The van der Waals surface area contributed by atoms with E-state index in [1.165, 1.54) is 11.3 Å². The molecule has 1 aromatic heterocycles. The van der Waals surface area contributed by atoms with Crippen molar-refractivity contribution in [1.29, 1.82) is 0 Å². The molecule has 2 rings (SSSR count). The topological polar surface area (TPSA) is 59.1 Å². The van der Waals surface area contributed by atoms with E-state index >= 15 is 0 Å². The Balaban J connectivity index is 2.24. The standard InChI is InChI=1S/C12H14N2O2S2/c1-3-10-8-13-12(17-10)14-18(15,16)11-6-4-9(2)5-7-11/h4-8H,3H2,1-2H3,(H,13,14). The third-order valence-electron chi connectivity index (χ3n) is 2.45. The Labute approximate surface area is 111 Å². The van der Waals surface area contributed by atoms with Crippen molar-refractivity contribution in [1.82, 2.24) is 4.98 Å². The molecule has 2 aromatic rings. The number of nitrogens with zero attached hydrogens (tertiary/aromatic N) is 1. The first-order valence-electron chi connectivity index (χ1n) is 5.55. The highest BCUT2D eigenvalue weighted by molar-refractivity contribution is 7.93. The number of benzene rings is 1. The number of aryl methyl sites for hydroxylation is 2. The molecule has 0 aliphatic carbocycles. The summed E-state index contributed by atoms with van der Waals surface area (Å²) < 4.78 is 26.6. The minimum absolute atomic E-state index is 0.251. The molecular formula is C12H14N2O2S2. The molecule has 0 spiro atoms. The minimum Gasteiger partial charge on any atom is -0.255 e. The van der Waals surface area contributed by atoms with Crippen molar-refractivity contribution >= 4 is 26.5 Å². The Hall–Kier alpha value is -1.40. The first-order chi connectivity index (χ1) is 8.51. The van der Waals surface area contributed by atoms with E-state index in [2.05, 4.69) is 9.71 Å². The number of nitrogens with one attached hydrogen (secondary N) is 1. The molecule has 0 saturated heterocycles. The van der Waals surface area contributed by atoms with Gasteiger partial charge in [0.15, 0.2) is 5.13 Å². The number of aromatic nitrogens is 1. The lowest BCUT2D eigenvalue weighted by molar-refractivity contribution is 0.601. The van der Waals surface area contributed by atoms with Crippen LogP contribution in [0.15, 0.2) is 35.4 Å². The summed E-state index contributed by atoms with van der Waals surface area (Å²) in [7, 11) is -3.53. The van der Waals surface area contributed by atoms with Gasteiger partial charge in [0.05, 0.1) is 4.90 Å². The lowest BCUT2D eigenvalue weighted by atomic mass is 10.2. The number of sulfonamides is 1. The maximum Gasteiger partial charge on any atom is 0.263 e. The van der Waals surface area contributed by atoms with Crippen molar-refractivity contribution in [2.75, 3.05) is 4.72 Å². The van der Waals surface area contributed by atoms with Gasteiger partial charge in [0.2, 0.25) is 0 Å². The lowest BCUT2D eigenvalue weighted by Crippen LogP contribution is -2.12. The highest BCUT2D eigenvalue weighted by atomic mass is 32.2. The van der Waals surface area contributed by atoms with Gasteiger partial charge in [-0.05, 0) is 25.5 Å². The lowest BCUT2D eigenvalue weighted by Gasteiger charge is -2.05. The van der Waals surface area contributed by atoms with Crippen LogP contribution in [-0.2, 0) is 16.4 Å². The number of hydrogen-bond acceptors (Lipinski definition) is 4. The zero-order valence-corrected chi connectivity index (χ0v) is 11.8. The third-order valence-corrected chi connectivity index (χ3v) is 5.00. The molecule has 0 fully saturated rings. The van der Waals surface area contributed by atoms with Gasteiger partial charge in [-0.3, -0.25) is 4.72 Å². The van der Waals surface area contributed by atoms with Crippen LogP contribution >= 0.6 is 11.3 Å². The Kier molecular flexibility index (Phi) is 3.68. The molecule has 0 saturated carbocycles. The molecule has 4 nitrogen and oxygen atoms in total. The van der Waals surface area contributed by atoms with Crippen LogP contribution in [0.25, 0.3) is 0 Å². The van der Waals surface area contributed by atoms with E-state index in [9.17, 15) is 8.42 Å². The Morgan fingerprint density at radius 3 is 2.50 bits per heavy atom. The average Bonchev–Trinajstić information content (AvgIpc) is 2.76. The molecule has 1 N–H and O–H groups in total. The summed E-state index contributed by atoms with van der Waals surface area (Å²) in [5, 5.41) is 0.410. The summed E-state index contributed by atoms with van der Waals surface area (Å²) in [5.74, 6) is 0. The van der Waals surface area contributed by atoms with Gasteiger partial charge in [0.1, 0.15) is 0 Å². The maximum absolute atomic E-state index is 12.1. The molecule has 0 aliphatic rings. The van der Waals surface area contributed by atoms with Gasteiger partial charge in [-0.2, -0.15) is 0 Å². The second kappa shape index (κ2) is 5.07. The molecule has 1 heterocycles. The van der Waals surface area contributed by atoms with E-state index in [1.807, 2.05) is 13.8 Å². The first kappa shape index (κ1) is 13.0. The fourth-order valence-electron chi connectivity index (χ4n) is 1.41. The van der Waals surface area contributed by atoms with Crippen LogP contribution in [0.3, 0.4) is 0 Å². The first-order valence-corrected chi connectivity index (χ1v) is 7.85. The molecule has 0 aliphatic heterocycles. The van der Waals surface area contributed by atoms with E-state index in [1.54, 1.807) is 30.5 Å². The van der Waals surface area contributed by atoms with Gasteiger partial charge >= 0.3 is 0 Å². The maximum atomic E-state index is 12.1. The van der Waals surface area contributed by atoms with E-state index in [-0.39, 0.29) is 4.90 Å². The zero-order chi connectivity index (χ0) is 13.2. The monoisotopic (exact) mass is 282 g/mol. The molecule has 6 heteroatoms. The summed E-state index contributed by atoms with van der Waals surface area (Å²) >= 11 is 1.36. The SMILES string of the molecule is CCc1cnc(NS(=O)(=O)c2ccc(C)cc2)s1. The van der Waals surface area contributed by atoms with Gasteiger partial charge < -0.3 is 0 Å². The molecule has 0 radical (unpaired) electrons. The third kappa shape index (κ3) is 2.88. The largest absolute Gasteiger partial charge is 0.263 e. The predicted octanol–water partition coefficient (Wildman–Crippen LogP) is 2.81. The van der Waals surface area contributed by atoms with E-state index in [4.69, 9.17) is 0 Å². The second-order valence-corrected chi connectivity index (χ2v) is 6.70. The normalized spacial score (nSPS) is 11.4. The highest BCUT2D eigenvalue weighted by Gasteiger charge is 2.15. The summed E-state index contributed by atoms with van der Waals surface area (Å²) in [4.78, 5) is 5.35. The number of rotatable bonds is 4. The molecule has 0 unspecified atom stereocenters. The summed E-state index contributed by atoms with van der Waals surface area (Å²) in [6.45, 7) is 3.92. The summed E-state index contributed by atoms with van der Waals surface area (Å²) in [6.07, 6.45) is 2.54. The van der Waals surface area contributed by atoms with Gasteiger partial charge in [-0.25, -0.2) is 13.4 Å². The van der Waals surface area contributed by atoms with Crippen LogP contribution in [0.1, 0.15) is 17.4 Å². The molecule has 18 heavy (non-hydrogen) atoms. The summed E-state index contributed by atoms with van der Waals surface area (Å²) in [5.41, 5.74) is 1.02. The predicted molar refractivity (Wildman–Crippen MR) is 73.5 cm³/mol. The average molecular weight is 282 g/mol.